The van der Waals surface area contributed by atoms with Crippen molar-refractivity contribution in [1.82, 2.24) is 4.90 Å². The third kappa shape index (κ3) is 3.25. The van der Waals surface area contributed by atoms with Gasteiger partial charge < -0.3 is 10.0 Å². The molecule has 1 N–H and O–H groups in total. The molecule has 0 bridgehead atoms. The van der Waals surface area contributed by atoms with Gasteiger partial charge in [0.15, 0.2) is 5.78 Å². The number of nitriles is 1. The highest BCUT2D eigenvalue weighted by molar-refractivity contribution is 8.01. The van der Waals surface area contributed by atoms with Crippen LogP contribution in [-0.4, -0.2) is 39.2 Å². The van der Waals surface area contributed by atoms with E-state index in [4.69, 9.17) is 5.26 Å². The van der Waals surface area contributed by atoms with E-state index in [0.717, 1.165) is 4.90 Å². The van der Waals surface area contributed by atoms with Gasteiger partial charge in [-0.25, -0.2) is 4.79 Å². The number of benzene rings is 1. The molecule has 25 heavy (non-hydrogen) atoms. The Balaban J connectivity index is 1.94. The Bertz CT molecular complexity index is 778. The number of fused-ring (bicyclic) bond motifs is 1. The summed E-state index contributed by atoms with van der Waals surface area (Å²) in [4.78, 5) is 26.8. The summed E-state index contributed by atoms with van der Waals surface area (Å²) in [6.07, 6.45) is 0.848. The van der Waals surface area contributed by atoms with Gasteiger partial charge in [0.05, 0.1) is 11.6 Å². The molecule has 0 radical (unpaired) electrons. The van der Waals surface area contributed by atoms with E-state index in [2.05, 4.69) is 26.8 Å². The van der Waals surface area contributed by atoms with Gasteiger partial charge in [-0.15, -0.1) is 11.8 Å². The van der Waals surface area contributed by atoms with Crippen LogP contribution in [0.2, 0.25) is 0 Å². The second-order valence-electron chi connectivity index (χ2n) is 8.02. The van der Waals surface area contributed by atoms with E-state index in [-0.39, 0.29) is 22.0 Å². The smallest absolute Gasteiger partial charge is 0.407 e. The molecule has 132 valence electrons. The molecule has 6 heteroatoms. The highest BCUT2D eigenvalue weighted by Crippen LogP contribution is 2.52. The molecule has 1 fully saturated rings. The molecule has 0 aliphatic carbocycles. The molecule has 5 nitrogen and oxygen atoms in total. The number of nitrogens with zero attached hydrogens (tertiary/aromatic N) is 2. The predicted octanol–water partition coefficient (Wildman–Crippen LogP) is 4.16. The van der Waals surface area contributed by atoms with E-state index in [9.17, 15) is 14.7 Å². The largest absolute Gasteiger partial charge is 0.465 e. The number of thioether (sulfide) groups is 1. The summed E-state index contributed by atoms with van der Waals surface area (Å²) in [5.74, 6) is 0.0577. The molecule has 0 saturated carbocycles. The fourth-order valence-corrected chi connectivity index (χ4v) is 5.39. The van der Waals surface area contributed by atoms with Crippen LogP contribution in [0.5, 0.6) is 0 Å². The van der Waals surface area contributed by atoms with Crippen LogP contribution in [0.3, 0.4) is 0 Å². The van der Waals surface area contributed by atoms with E-state index < -0.39 is 6.09 Å². The maximum absolute atomic E-state index is 12.7. The van der Waals surface area contributed by atoms with Gasteiger partial charge >= 0.3 is 6.09 Å². The van der Waals surface area contributed by atoms with Crippen molar-refractivity contribution in [3.8, 4) is 6.07 Å². The number of hydrogen-bond acceptors (Lipinski definition) is 4. The normalized spacial score (nSPS) is 26.2. The highest BCUT2D eigenvalue weighted by Gasteiger charge is 2.49. The third-order valence-corrected chi connectivity index (χ3v) is 6.74. The average Bonchev–Trinajstić information content (AvgIpc) is 2.53. The second kappa shape index (κ2) is 6.06. The van der Waals surface area contributed by atoms with Gasteiger partial charge in [0.1, 0.15) is 0 Å². The molecule has 2 unspecified atom stereocenters. The Kier molecular flexibility index (Phi) is 4.32. The molecule has 2 aliphatic heterocycles. The van der Waals surface area contributed by atoms with Crippen LogP contribution in [0.15, 0.2) is 23.1 Å². The number of amides is 1. The number of carbonyl (C=O) groups excluding carboxylic acids is 1. The Morgan fingerprint density at radius 1 is 1.44 bits per heavy atom. The topological polar surface area (TPSA) is 81.4 Å². The molecule has 1 amide bonds. The van der Waals surface area contributed by atoms with Crippen molar-refractivity contribution in [2.45, 2.75) is 55.7 Å². The van der Waals surface area contributed by atoms with Crippen molar-refractivity contribution < 1.29 is 14.7 Å². The second-order valence-corrected chi connectivity index (χ2v) is 9.53. The first-order chi connectivity index (χ1) is 11.6. The molecule has 1 spiro atoms. The summed E-state index contributed by atoms with van der Waals surface area (Å²) in [7, 11) is 0. The molecule has 1 saturated heterocycles. The van der Waals surface area contributed by atoms with E-state index in [1.807, 2.05) is 6.07 Å². The Labute approximate surface area is 152 Å². The lowest BCUT2D eigenvalue weighted by Crippen LogP contribution is -2.56. The average molecular weight is 358 g/mol. The summed E-state index contributed by atoms with van der Waals surface area (Å²) in [6.45, 7) is 6.60. The van der Waals surface area contributed by atoms with Crippen molar-refractivity contribution >= 4 is 23.6 Å². The molecule has 2 heterocycles. The van der Waals surface area contributed by atoms with Gasteiger partial charge in [0.2, 0.25) is 0 Å². The molecule has 1 aromatic carbocycles. The Hall–Kier alpha value is -2.00. The van der Waals surface area contributed by atoms with Crippen molar-refractivity contribution in [2.75, 3.05) is 6.54 Å². The number of likely N-dealkylation sites (tertiary alicyclic amines) is 1. The summed E-state index contributed by atoms with van der Waals surface area (Å²) in [6, 6.07) is 7.22. The molecular formula is C19H22N2O3S. The Morgan fingerprint density at radius 2 is 2.16 bits per heavy atom. The lowest BCUT2D eigenvalue weighted by atomic mass is 9.75. The monoisotopic (exact) mass is 358 g/mol. The van der Waals surface area contributed by atoms with Crippen LogP contribution < -0.4 is 0 Å². The summed E-state index contributed by atoms with van der Waals surface area (Å²) in [5.41, 5.74) is 0.931. The van der Waals surface area contributed by atoms with E-state index in [1.54, 1.807) is 23.9 Å². The van der Waals surface area contributed by atoms with Crippen molar-refractivity contribution in [1.29, 1.82) is 5.26 Å². The van der Waals surface area contributed by atoms with E-state index in [0.29, 0.717) is 36.9 Å². The fourth-order valence-electron chi connectivity index (χ4n) is 3.86. The molecular weight excluding hydrogens is 336 g/mol. The predicted molar refractivity (Wildman–Crippen MR) is 95.9 cm³/mol. The first-order valence-electron chi connectivity index (χ1n) is 8.41. The lowest BCUT2D eigenvalue weighted by Gasteiger charge is -2.50. The van der Waals surface area contributed by atoms with Crippen LogP contribution >= 0.6 is 11.8 Å². The van der Waals surface area contributed by atoms with Crippen LogP contribution in [0.1, 0.15) is 56.0 Å². The molecule has 2 atom stereocenters. The van der Waals surface area contributed by atoms with Crippen molar-refractivity contribution in [3.63, 3.8) is 0 Å². The zero-order valence-electron chi connectivity index (χ0n) is 14.7. The van der Waals surface area contributed by atoms with Crippen molar-refractivity contribution in [2.24, 2.45) is 5.41 Å². The van der Waals surface area contributed by atoms with E-state index >= 15 is 0 Å². The zero-order chi connectivity index (χ0) is 18.4. The Morgan fingerprint density at radius 3 is 2.76 bits per heavy atom. The van der Waals surface area contributed by atoms with Gasteiger partial charge in [-0.05, 0) is 36.5 Å². The maximum atomic E-state index is 12.7. The number of piperidine rings is 1. The van der Waals surface area contributed by atoms with Crippen LogP contribution in [0.4, 0.5) is 4.79 Å². The molecule has 2 aliphatic rings. The van der Waals surface area contributed by atoms with E-state index in [1.165, 1.54) is 4.90 Å². The minimum Gasteiger partial charge on any atom is -0.465 e. The fraction of sp³-hybridized carbons (Fsp3) is 0.526. The van der Waals surface area contributed by atoms with Gasteiger partial charge in [0, 0.05) is 34.2 Å². The van der Waals surface area contributed by atoms with Gasteiger partial charge in [0.25, 0.3) is 0 Å². The minimum atomic E-state index is -0.888. The summed E-state index contributed by atoms with van der Waals surface area (Å²) < 4.78 is -0.262. The number of carboxylic acid groups (broad SMARTS) is 1. The summed E-state index contributed by atoms with van der Waals surface area (Å²) in [5, 5.41) is 18.6. The highest BCUT2D eigenvalue weighted by atomic mass is 32.2. The van der Waals surface area contributed by atoms with Crippen LogP contribution in [0, 0.1) is 16.7 Å². The number of carbonyl (C=O) groups is 2. The number of hydrogen-bond donors (Lipinski definition) is 1. The molecule has 0 aromatic heterocycles. The lowest BCUT2D eigenvalue weighted by molar-refractivity contribution is 0.0454. The first-order valence-corrected chi connectivity index (χ1v) is 9.23. The quantitative estimate of drug-likeness (QED) is 0.753. The standard InChI is InChI=1S/C19H22N2O3S/c1-18(2,3)16-10-19(6-7-21(16)17(23)24)9-14(22)13-8-12(11-20)4-5-15(13)25-19/h4-5,8,16H,6-7,9-10H2,1-3H3,(H,23,24). The molecule has 1 aromatic rings. The SMILES string of the molecule is CC(C)(C)C1CC2(CCN1C(=O)O)CC(=O)c1cc(C#N)ccc1S2. The molecule has 3 rings (SSSR count). The minimum absolute atomic E-state index is 0.0577. The van der Waals surface area contributed by atoms with Gasteiger partial charge in [-0.1, -0.05) is 20.8 Å². The van der Waals surface area contributed by atoms with Crippen LogP contribution in [0.25, 0.3) is 0 Å². The number of rotatable bonds is 0. The summed E-state index contributed by atoms with van der Waals surface area (Å²) >= 11 is 1.69. The number of Topliss-reactive ketones (excluding diaryl/α,β-unsaturated/α-hetero) is 1. The third-order valence-electron chi connectivity index (χ3n) is 5.21. The maximum Gasteiger partial charge on any atom is 0.407 e. The zero-order valence-corrected chi connectivity index (χ0v) is 15.5. The van der Waals surface area contributed by atoms with Crippen molar-refractivity contribution in [3.05, 3.63) is 29.3 Å². The van der Waals surface area contributed by atoms with Gasteiger partial charge in [-0.3, -0.25) is 4.79 Å². The number of ketones is 1. The van der Waals surface area contributed by atoms with Gasteiger partial charge in [-0.2, -0.15) is 5.26 Å². The first kappa shape index (κ1) is 17.8. The van der Waals surface area contributed by atoms with Crippen LogP contribution in [-0.2, 0) is 0 Å².